The van der Waals surface area contributed by atoms with Gasteiger partial charge in [-0.05, 0) is 44.3 Å². The van der Waals surface area contributed by atoms with Gasteiger partial charge in [0.15, 0.2) is 0 Å². The summed E-state index contributed by atoms with van der Waals surface area (Å²) >= 11 is 0. The Morgan fingerprint density at radius 1 is 0.893 bits per heavy atom. The molecule has 0 aromatic carbocycles. The Labute approximate surface area is 196 Å². The Bertz CT molecular complexity index is 453. The minimum Gasteiger partial charge on any atom is -0.339 e. The normalized spacial score (nSPS) is 11.0. The number of rotatable bonds is 17. The smallest absolute Gasteiger partial charge is 0.339 e. The average molecular weight is 428 g/mol. The van der Waals surface area contributed by atoms with Crippen LogP contribution in [0.5, 0.6) is 0 Å². The van der Waals surface area contributed by atoms with Crippen molar-refractivity contribution < 1.29 is 47.3 Å². The van der Waals surface area contributed by atoms with E-state index in [2.05, 4.69) is 26.0 Å². The number of nitrogens with two attached hydrogens (primary N) is 1. The molecule has 0 radical (unpaired) electrons. The molecule has 0 bridgehead atoms. The van der Waals surface area contributed by atoms with Crippen molar-refractivity contribution >= 4 is 15.9 Å². The summed E-state index contributed by atoms with van der Waals surface area (Å²) in [7, 11) is -3.80. The number of hydrogen-bond acceptors (Lipinski definition) is 4. The minimum absolute atomic E-state index is 0. The third-order valence-electron chi connectivity index (χ3n) is 4.09. The fourth-order valence-electron chi connectivity index (χ4n) is 2.54. The van der Waals surface area contributed by atoms with Gasteiger partial charge in [-0.15, -0.1) is 0 Å². The van der Waals surface area contributed by atoms with Crippen molar-refractivity contribution in [3.05, 3.63) is 19.1 Å². The van der Waals surface area contributed by atoms with Crippen molar-refractivity contribution in [1.82, 2.24) is 0 Å². The summed E-state index contributed by atoms with van der Waals surface area (Å²) in [5, 5.41) is 0. The predicted octanol–water partition coefficient (Wildman–Crippen LogP) is 2.26. The van der Waals surface area contributed by atoms with Crippen molar-refractivity contribution in [2.24, 2.45) is 5.73 Å². The molecule has 0 saturated carbocycles. The molecule has 0 amide bonds. The molecule has 5 nitrogen and oxygen atoms in total. The molecule has 0 fully saturated rings. The van der Waals surface area contributed by atoms with Gasteiger partial charge in [-0.2, -0.15) is 8.42 Å². The van der Waals surface area contributed by atoms with E-state index < -0.39 is 10.1 Å². The molecule has 0 aromatic rings. The second-order valence-corrected chi connectivity index (χ2v) is 8.52. The number of hydrogen-bond donors (Lipinski definition) is 2. The van der Waals surface area contributed by atoms with E-state index in [9.17, 15) is 13.2 Å². The molecule has 0 atom stereocenters. The molecule has 0 heterocycles. The van der Waals surface area contributed by atoms with Crippen LogP contribution in [0.3, 0.4) is 0 Å². The number of allylic oxidation sites excluding steroid dienone is 2. The van der Waals surface area contributed by atoms with Gasteiger partial charge >= 0.3 is 29.6 Å². The molecule has 0 saturated heterocycles. The molecule has 0 spiro atoms. The van der Waals surface area contributed by atoms with Gasteiger partial charge < -0.3 is 17.5 Å². The Hall–Kier alpha value is 0.150. The quantitative estimate of drug-likeness (QED) is 0.122. The summed E-state index contributed by atoms with van der Waals surface area (Å²) in [6, 6.07) is 0. The molecule has 0 rings (SSSR count). The molecule has 0 aliphatic carbocycles. The maximum atomic E-state index is 10.7. The zero-order chi connectivity index (χ0) is 20.8. The van der Waals surface area contributed by atoms with Crippen LogP contribution in [-0.4, -0.2) is 31.1 Å². The number of carbonyl (C=O) groups excluding carboxylic acids is 1. The van der Waals surface area contributed by atoms with E-state index in [4.69, 9.17) is 10.3 Å². The first kappa shape index (κ1) is 32.8. The summed E-state index contributed by atoms with van der Waals surface area (Å²) in [4.78, 5) is 10.7. The van der Waals surface area contributed by atoms with Crippen molar-refractivity contribution in [2.75, 3.05) is 12.3 Å². The number of unbranched alkanes of at least 4 members (excludes halogenated alkanes) is 11. The predicted molar refractivity (Wildman–Crippen MR) is 115 cm³/mol. The van der Waals surface area contributed by atoms with Gasteiger partial charge in [0.25, 0.3) is 10.1 Å². The molecule has 28 heavy (non-hydrogen) atoms. The standard InChI is InChI=1S/C19H35O.C2H7NO3S.Na/c1-3-4-5-6-7-8-9-10-11-12-13-14-15-16-17-18-19(2)20;3-1-2-7(4,5)6;/h10-11H,2-9,12-18H2,1H3;1-3H2,(H,4,5,6);/q-1;;+1/b11-10-;;. The largest absolute Gasteiger partial charge is 1.00 e. The summed E-state index contributed by atoms with van der Waals surface area (Å²) in [5.41, 5.74) is 4.78. The zero-order valence-electron chi connectivity index (χ0n) is 18.3. The monoisotopic (exact) mass is 427 g/mol. The van der Waals surface area contributed by atoms with Gasteiger partial charge in [-0.1, -0.05) is 70.4 Å². The van der Waals surface area contributed by atoms with Gasteiger partial charge in [0.2, 0.25) is 0 Å². The topological polar surface area (TPSA) is 97.5 Å². The van der Waals surface area contributed by atoms with Crippen LogP contribution in [0.2, 0.25) is 0 Å². The van der Waals surface area contributed by atoms with Crippen LogP contribution in [-0.2, 0) is 14.9 Å². The van der Waals surface area contributed by atoms with E-state index >= 15 is 0 Å². The first-order chi connectivity index (χ1) is 12.8. The van der Waals surface area contributed by atoms with Crippen LogP contribution in [0, 0.1) is 6.92 Å². The van der Waals surface area contributed by atoms with E-state index in [0.29, 0.717) is 6.42 Å². The second-order valence-electron chi connectivity index (χ2n) is 6.95. The molecule has 7 heteroatoms. The Morgan fingerprint density at radius 2 is 1.32 bits per heavy atom. The van der Waals surface area contributed by atoms with E-state index in [0.717, 1.165) is 6.42 Å². The fraction of sp³-hybridized carbons (Fsp3) is 0.810. The van der Waals surface area contributed by atoms with Crippen molar-refractivity contribution in [2.45, 2.75) is 96.8 Å². The van der Waals surface area contributed by atoms with E-state index in [-0.39, 0.29) is 47.6 Å². The Morgan fingerprint density at radius 3 is 1.68 bits per heavy atom. The third-order valence-corrected chi connectivity index (χ3v) is 4.84. The number of carbonyl (C=O) groups is 1. The van der Waals surface area contributed by atoms with Crippen molar-refractivity contribution in [3.63, 3.8) is 0 Å². The SMILES string of the molecule is NCCS(=O)(=O)O.[CH2-]C(=O)CCCCCCC/C=C\CCCCCCCC.[Na+]. The minimum atomic E-state index is -3.80. The summed E-state index contributed by atoms with van der Waals surface area (Å²) in [5.74, 6) is -0.268. The van der Waals surface area contributed by atoms with Crippen LogP contribution >= 0.6 is 0 Å². The van der Waals surface area contributed by atoms with Crippen LogP contribution < -0.4 is 35.3 Å². The van der Waals surface area contributed by atoms with Gasteiger partial charge in [-0.3, -0.25) is 4.55 Å². The zero-order valence-corrected chi connectivity index (χ0v) is 21.1. The van der Waals surface area contributed by atoms with E-state index in [1.807, 2.05) is 0 Å². The second kappa shape index (κ2) is 25.2. The third kappa shape index (κ3) is 37.0. The fourth-order valence-corrected chi connectivity index (χ4v) is 2.84. The van der Waals surface area contributed by atoms with E-state index in [1.54, 1.807) is 0 Å². The Kier molecular flexibility index (Phi) is 29.5. The van der Waals surface area contributed by atoms with Gasteiger partial charge in [-0.25, -0.2) is 0 Å². The molecule has 0 aromatic heterocycles. The summed E-state index contributed by atoms with van der Waals surface area (Å²) in [6.07, 6.45) is 22.3. The summed E-state index contributed by atoms with van der Waals surface area (Å²) in [6.45, 7) is 5.63. The molecule has 3 N–H and O–H groups in total. The molecule has 162 valence electrons. The maximum Gasteiger partial charge on any atom is 1.00 e. The molecule has 0 aliphatic heterocycles. The molecule has 0 aliphatic rings. The van der Waals surface area contributed by atoms with Gasteiger partial charge in [0, 0.05) is 6.54 Å². The Balaban J connectivity index is -0.000000665. The maximum absolute atomic E-state index is 10.7. The molecular weight excluding hydrogens is 385 g/mol. The van der Waals surface area contributed by atoms with Crippen LogP contribution in [0.15, 0.2) is 12.2 Å². The van der Waals surface area contributed by atoms with E-state index in [1.165, 1.54) is 77.0 Å². The summed E-state index contributed by atoms with van der Waals surface area (Å²) < 4.78 is 27.3. The van der Waals surface area contributed by atoms with Crippen molar-refractivity contribution in [3.8, 4) is 0 Å². The van der Waals surface area contributed by atoms with Gasteiger partial charge in [0.1, 0.15) is 0 Å². The average Bonchev–Trinajstić information content (AvgIpc) is 2.57. The number of ketones is 1. The van der Waals surface area contributed by atoms with Crippen LogP contribution in [0.4, 0.5) is 0 Å². The first-order valence-electron chi connectivity index (χ1n) is 10.5. The van der Waals surface area contributed by atoms with Crippen molar-refractivity contribution in [1.29, 1.82) is 0 Å². The molecular formula is C21H42NNaO4S. The van der Waals surface area contributed by atoms with Gasteiger partial charge in [0.05, 0.1) is 5.75 Å². The van der Waals surface area contributed by atoms with Crippen LogP contribution in [0.1, 0.15) is 96.8 Å². The first-order valence-corrected chi connectivity index (χ1v) is 12.1. The van der Waals surface area contributed by atoms with Crippen LogP contribution in [0.25, 0.3) is 0 Å². The number of Topliss-reactive ketones (excluding diaryl/α,β-unsaturated/α-hetero) is 1. The molecule has 0 unspecified atom stereocenters.